The molecule has 0 fully saturated rings. The van der Waals surface area contributed by atoms with Gasteiger partial charge >= 0.3 is 11.6 Å². The second-order valence-corrected chi connectivity index (χ2v) is 5.16. The average molecular weight is 330 g/mol. The van der Waals surface area contributed by atoms with Crippen molar-refractivity contribution in [1.29, 1.82) is 0 Å². The minimum Gasteiger partial charge on any atom is -0.462 e. The molecule has 2 amide bonds. The largest absolute Gasteiger partial charge is 0.462 e. The van der Waals surface area contributed by atoms with Crippen LogP contribution in [0.2, 0.25) is 0 Å². The SMILES string of the molecule is CCOC(=O)c1c(CN2C(=O)c3ccccc3C2=O)n(C)oc1=O. The summed E-state index contributed by atoms with van der Waals surface area (Å²) in [4.78, 5) is 49.6. The van der Waals surface area contributed by atoms with Gasteiger partial charge in [-0.3, -0.25) is 14.5 Å². The van der Waals surface area contributed by atoms with E-state index >= 15 is 0 Å². The summed E-state index contributed by atoms with van der Waals surface area (Å²) in [5.74, 6) is -1.82. The summed E-state index contributed by atoms with van der Waals surface area (Å²) < 4.78 is 10.8. The molecule has 8 heteroatoms. The van der Waals surface area contributed by atoms with Crippen molar-refractivity contribution in [2.45, 2.75) is 13.5 Å². The van der Waals surface area contributed by atoms with Crippen LogP contribution in [-0.2, 0) is 18.3 Å². The van der Waals surface area contributed by atoms with Gasteiger partial charge in [0.15, 0.2) is 5.56 Å². The van der Waals surface area contributed by atoms with Gasteiger partial charge < -0.3 is 9.26 Å². The summed E-state index contributed by atoms with van der Waals surface area (Å²) in [7, 11) is 1.41. The topological polar surface area (TPSA) is 98.8 Å². The van der Waals surface area contributed by atoms with Crippen molar-refractivity contribution in [2.24, 2.45) is 7.05 Å². The Morgan fingerprint density at radius 1 is 1.12 bits per heavy atom. The molecular weight excluding hydrogens is 316 g/mol. The number of carbonyl (C=O) groups excluding carboxylic acids is 3. The maximum absolute atomic E-state index is 12.4. The van der Waals surface area contributed by atoms with E-state index in [-0.39, 0.29) is 35.5 Å². The van der Waals surface area contributed by atoms with E-state index in [0.717, 1.165) is 9.64 Å². The van der Waals surface area contributed by atoms with E-state index in [4.69, 9.17) is 9.26 Å². The lowest BCUT2D eigenvalue weighted by Gasteiger charge is -2.14. The number of carbonyl (C=O) groups is 3. The molecule has 3 rings (SSSR count). The van der Waals surface area contributed by atoms with Crippen LogP contribution in [0, 0.1) is 0 Å². The third-order valence-electron chi connectivity index (χ3n) is 3.76. The predicted molar refractivity (Wildman–Crippen MR) is 80.6 cm³/mol. The quantitative estimate of drug-likeness (QED) is 0.611. The van der Waals surface area contributed by atoms with E-state index in [1.807, 2.05) is 0 Å². The molecule has 2 heterocycles. The molecule has 0 radical (unpaired) electrons. The Kier molecular flexibility index (Phi) is 3.80. The summed E-state index contributed by atoms with van der Waals surface area (Å²) in [6.45, 7) is 1.43. The number of esters is 1. The van der Waals surface area contributed by atoms with Gasteiger partial charge in [0.25, 0.3) is 11.8 Å². The first-order chi connectivity index (χ1) is 11.5. The molecule has 1 aliphatic rings. The smallest absolute Gasteiger partial charge is 0.372 e. The van der Waals surface area contributed by atoms with Crippen molar-refractivity contribution >= 4 is 17.8 Å². The number of ether oxygens (including phenoxy) is 1. The highest BCUT2D eigenvalue weighted by molar-refractivity contribution is 6.21. The maximum Gasteiger partial charge on any atom is 0.372 e. The second-order valence-electron chi connectivity index (χ2n) is 5.16. The van der Waals surface area contributed by atoms with Crippen LogP contribution in [0.3, 0.4) is 0 Å². The standard InChI is InChI=1S/C16H14N2O6/c1-3-23-15(21)12-11(17(2)24-16(12)22)8-18-13(19)9-6-4-5-7-10(9)14(18)20/h4-7H,3,8H2,1-2H3. The summed E-state index contributed by atoms with van der Waals surface area (Å²) in [6.07, 6.45) is 0. The number of aryl methyl sites for hydroxylation is 1. The highest BCUT2D eigenvalue weighted by Gasteiger charge is 2.37. The molecule has 1 aromatic carbocycles. The van der Waals surface area contributed by atoms with Gasteiger partial charge in [0.2, 0.25) is 0 Å². The zero-order valence-corrected chi connectivity index (χ0v) is 13.1. The number of benzene rings is 1. The maximum atomic E-state index is 12.4. The van der Waals surface area contributed by atoms with Gasteiger partial charge in [-0.05, 0) is 19.1 Å². The Morgan fingerprint density at radius 3 is 2.25 bits per heavy atom. The highest BCUT2D eigenvalue weighted by Crippen LogP contribution is 2.24. The van der Waals surface area contributed by atoms with Gasteiger partial charge in [-0.2, -0.15) is 0 Å². The van der Waals surface area contributed by atoms with Crippen LogP contribution >= 0.6 is 0 Å². The number of hydrogen-bond acceptors (Lipinski definition) is 6. The number of rotatable bonds is 4. The van der Waals surface area contributed by atoms with Crippen LogP contribution in [0.4, 0.5) is 0 Å². The van der Waals surface area contributed by atoms with Crippen molar-refractivity contribution in [3.63, 3.8) is 0 Å². The minimum absolute atomic E-state index is 0.0830. The fourth-order valence-corrected chi connectivity index (χ4v) is 2.62. The molecule has 1 aromatic heterocycles. The van der Waals surface area contributed by atoms with Crippen molar-refractivity contribution in [2.75, 3.05) is 6.61 Å². The summed E-state index contributed by atoms with van der Waals surface area (Å²) in [6, 6.07) is 6.42. The van der Waals surface area contributed by atoms with Gasteiger partial charge in [-0.1, -0.05) is 12.1 Å². The summed E-state index contributed by atoms with van der Waals surface area (Å²) in [5.41, 5.74) is -0.506. The lowest BCUT2D eigenvalue weighted by atomic mass is 10.1. The summed E-state index contributed by atoms with van der Waals surface area (Å²) in [5, 5.41) is 0. The van der Waals surface area contributed by atoms with Gasteiger partial charge in [0, 0.05) is 7.05 Å². The van der Waals surface area contributed by atoms with E-state index in [0.29, 0.717) is 0 Å². The van der Waals surface area contributed by atoms with Crippen LogP contribution < -0.4 is 5.63 Å². The van der Waals surface area contributed by atoms with E-state index in [1.165, 1.54) is 7.05 Å². The fraction of sp³-hybridized carbons (Fsp3) is 0.250. The number of imide groups is 1. The molecule has 0 aliphatic carbocycles. The Balaban J connectivity index is 1.99. The van der Waals surface area contributed by atoms with E-state index < -0.39 is 23.4 Å². The third-order valence-corrected chi connectivity index (χ3v) is 3.76. The Hall–Kier alpha value is -3.16. The van der Waals surface area contributed by atoms with E-state index in [9.17, 15) is 19.2 Å². The number of fused-ring (bicyclic) bond motifs is 1. The molecular formula is C16H14N2O6. The molecule has 0 spiro atoms. The number of amides is 2. The molecule has 0 saturated heterocycles. The molecule has 0 bridgehead atoms. The third kappa shape index (κ3) is 2.32. The number of aromatic nitrogens is 1. The molecule has 1 aliphatic heterocycles. The van der Waals surface area contributed by atoms with Crippen molar-refractivity contribution < 1.29 is 23.6 Å². The lowest BCUT2D eigenvalue weighted by Crippen LogP contribution is -2.31. The Bertz CT molecular complexity index is 873. The van der Waals surface area contributed by atoms with Crippen molar-refractivity contribution in [3.8, 4) is 0 Å². The van der Waals surface area contributed by atoms with Crippen LogP contribution in [0.15, 0.2) is 33.6 Å². The molecule has 124 valence electrons. The monoisotopic (exact) mass is 330 g/mol. The second kappa shape index (κ2) is 5.80. The molecule has 0 N–H and O–H groups in total. The zero-order valence-electron chi connectivity index (χ0n) is 13.1. The van der Waals surface area contributed by atoms with Gasteiger partial charge in [-0.25, -0.2) is 14.3 Å². The van der Waals surface area contributed by atoms with E-state index in [2.05, 4.69) is 0 Å². The van der Waals surface area contributed by atoms with Gasteiger partial charge in [-0.15, -0.1) is 0 Å². The number of nitrogens with zero attached hydrogens (tertiary/aromatic N) is 2. The average Bonchev–Trinajstić information content (AvgIpc) is 2.97. The normalized spacial score (nSPS) is 13.3. The fourth-order valence-electron chi connectivity index (χ4n) is 2.62. The first-order valence-electron chi connectivity index (χ1n) is 7.27. The molecule has 8 nitrogen and oxygen atoms in total. The van der Waals surface area contributed by atoms with Crippen LogP contribution in [0.5, 0.6) is 0 Å². The summed E-state index contributed by atoms with van der Waals surface area (Å²) >= 11 is 0. The first-order valence-corrected chi connectivity index (χ1v) is 7.27. The molecule has 2 aromatic rings. The van der Waals surface area contributed by atoms with Crippen LogP contribution in [0.25, 0.3) is 0 Å². The molecule has 24 heavy (non-hydrogen) atoms. The highest BCUT2D eigenvalue weighted by atomic mass is 16.5. The van der Waals surface area contributed by atoms with Crippen LogP contribution in [-0.4, -0.2) is 34.0 Å². The minimum atomic E-state index is -0.873. The van der Waals surface area contributed by atoms with E-state index in [1.54, 1.807) is 31.2 Å². The molecule has 0 atom stereocenters. The van der Waals surface area contributed by atoms with Crippen molar-refractivity contribution in [1.82, 2.24) is 9.64 Å². The predicted octanol–water partition coefficient (Wildman–Crippen LogP) is 0.951. The lowest BCUT2D eigenvalue weighted by molar-refractivity contribution is 0.0514. The Morgan fingerprint density at radius 2 is 1.71 bits per heavy atom. The molecule has 0 unspecified atom stereocenters. The molecule has 0 saturated carbocycles. The first kappa shape index (κ1) is 15.7. The number of hydrogen-bond donors (Lipinski definition) is 0. The van der Waals surface area contributed by atoms with Crippen LogP contribution in [0.1, 0.15) is 43.7 Å². The van der Waals surface area contributed by atoms with Gasteiger partial charge in [0.1, 0.15) is 0 Å². The Labute approximate surface area is 136 Å². The van der Waals surface area contributed by atoms with Crippen molar-refractivity contribution in [3.05, 3.63) is 57.1 Å². The van der Waals surface area contributed by atoms with Gasteiger partial charge in [0.05, 0.1) is 30.0 Å². The zero-order chi connectivity index (χ0) is 17.4.